The number of ketones is 1. The zero-order valence-corrected chi connectivity index (χ0v) is 12.0. The van der Waals surface area contributed by atoms with Crippen LogP contribution in [0.4, 0.5) is 11.4 Å². The second kappa shape index (κ2) is 4.84. The number of carbonyl (C=O) groups is 2. The highest BCUT2D eigenvalue weighted by Crippen LogP contribution is 2.31. The Labute approximate surface area is 123 Å². The first-order chi connectivity index (χ1) is 10.2. The number of amides is 1. The predicted molar refractivity (Wildman–Crippen MR) is 80.8 cm³/mol. The number of fused-ring (bicyclic) bond motifs is 1. The first kappa shape index (κ1) is 12.8. The van der Waals surface area contributed by atoms with Crippen LogP contribution in [-0.4, -0.2) is 49.3 Å². The molecule has 0 unspecified atom stereocenters. The first-order valence-electron chi connectivity index (χ1n) is 7.68. The molecule has 1 amide bonds. The van der Waals surface area contributed by atoms with Crippen molar-refractivity contribution < 1.29 is 9.59 Å². The van der Waals surface area contributed by atoms with Gasteiger partial charge in [-0.3, -0.25) is 14.5 Å². The second-order valence-corrected chi connectivity index (χ2v) is 6.24. The molecule has 110 valence electrons. The maximum atomic E-state index is 11.6. The fourth-order valence-corrected chi connectivity index (χ4v) is 3.19. The van der Waals surface area contributed by atoms with Crippen molar-refractivity contribution >= 4 is 23.1 Å². The lowest BCUT2D eigenvalue weighted by Gasteiger charge is -2.36. The van der Waals surface area contributed by atoms with Crippen LogP contribution in [0.2, 0.25) is 0 Å². The molecule has 5 heteroatoms. The Bertz CT molecular complexity index is 602. The number of hydrogen-bond donors (Lipinski definition) is 1. The quantitative estimate of drug-likeness (QED) is 0.852. The Morgan fingerprint density at radius 1 is 1.10 bits per heavy atom. The fraction of sp³-hybridized carbons (Fsp3) is 0.500. The van der Waals surface area contributed by atoms with E-state index in [4.69, 9.17) is 0 Å². The minimum atomic E-state index is -0.517. The molecular weight excluding hydrogens is 266 g/mol. The van der Waals surface area contributed by atoms with Gasteiger partial charge in [-0.15, -0.1) is 0 Å². The molecule has 1 saturated heterocycles. The SMILES string of the molecule is O=C1Nc2cc(N3CCN(CC4CC4)CC3)ccc2C1=O. The van der Waals surface area contributed by atoms with E-state index in [1.54, 1.807) is 6.07 Å². The van der Waals surface area contributed by atoms with Crippen molar-refractivity contribution in [2.75, 3.05) is 42.9 Å². The van der Waals surface area contributed by atoms with Gasteiger partial charge in [-0.2, -0.15) is 0 Å². The van der Waals surface area contributed by atoms with Gasteiger partial charge in [0.2, 0.25) is 0 Å². The zero-order chi connectivity index (χ0) is 14.4. The van der Waals surface area contributed by atoms with Gasteiger partial charge in [0.15, 0.2) is 0 Å². The van der Waals surface area contributed by atoms with Crippen LogP contribution in [0.15, 0.2) is 18.2 Å². The van der Waals surface area contributed by atoms with Gasteiger partial charge in [0.1, 0.15) is 0 Å². The maximum absolute atomic E-state index is 11.6. The van der Waals surface area contributed by atoms with Crippen molar-refractivity contribution in [1.82, 2.24) is 4.90 Å². The van der Waals surface area contributed by atoms with Crippen LogP contribution in [0.3, 0.4) is 0 Å². The van der Waals surface area contributed by atoms with Crippen molar-refractivity contribution in [2.45, 2.75) is 12.8 Å². The Morgan fingerprint density at radius 2 is 1.86 bits per heavy atom. The van der Waals surface area contributed by atoms with E-state index in [0.717, 1.165) is 37.8 Å². The van der Waals surface area contributed by atoms with Crippen molar-refractivity contribution in [1.29, 1.82) is 0 Å². The van der Waals surface area contributed by atoms with E-state index >= 15 is 0 Å². The molecule has 0 radical (unpaired) electrons. The molecule has 0 bridgehead atoms. The smallest absolute Gasteiger partial charge is 0.296 e. The van der Waals surface area contributed by atoms with Crippen molar-refractivity contribution in [2.24, 2.45) is 5.92 Å². The number of anilines is 2. The van der Waals surface area contributed by atoms with Crippen molar-refractivity contribution in [3.8, 4) is 0 Å². The molecule has 1 saturated carbocycles. The molecule has 1 N–H and O–H groups in total. The average molecular weight is 285 g/mol. The number of nitrogens with one attached hydrogen (secondary N) is 1. The molecule has 1 aromatic rings. The highest BCUT2D eigenvalue weighted by atomic mass is 16.2. The van der Waals surface area contributed by atoms with Crippen LogP contribution >= 0.6 is 0 Å². The normalized spacial score (nSPS) is 22.4. The largest absolute Gasteiger partial charge is 0.369 e. The van der Waals surface area contributed by atoms with E-state index in [0.29, 0.717) is 11.3 Å². The summed E-state index contributed by atoms with van der Waals surface area (Å²) in [5.41, 5.74) is 2.24. The molecule has 2 heterocycles. The molecular formula is C16H19N3O2. The Balaban J connectivity index is 1.44. The third kappa shape index (κ3) is 2.42. The van der Waals surface area contributed by atoms with Gasteiger partial charge >= 0.3 is 0 Å². The third-order valence-electron chi connectivity index (χ3n) is 4.65. The van der Waals surface area contributed by atoms with E-state index in [-0.39, 0.29) is 0 Å². The molecule has 4 rings (SSSR count). The average Bonchev–Trinajstić information content (AvgIpc) is 3.26. The predicted octanol–water partition coefficient (Wildman–Crippen LogP) is 1.35. The molecule has 0 aromatic heterocycles. The van der Waals surface area contributed by atoms with E-state index in [1.165, 1.54) is 19.4 Å². The van der Waals surface area contributed by atoms with Crippen LogP contribution in [0.5, 0.6) is 0 Å². The summed E-state index contributed by atoms with van der Waals surface area (Å²) in [6.45, 7) is 5.46. The van der Waals surface area contributed by atoms with Crippen LogP contribution < -0.4 is 10.2 Å². The zero-order valence-electron chi connectivity index (χ0n) is 12.0. The minimum Gasteiger partial charge on any atom is -0.369 e. The number of nitrogens with zero attached hydrogens (tertiary/aromatic N) is 2. The van der Waals surface area contributed by atoms with Gasteiger partial charge in [0, 0.05) is 38.4 Å². The lowest BCUT2D eigenvalue weighted by Crippen LogP contribution is -2.47. The number of piperazine rings is 1. The van der Waals surface area contributed by atoms with E-state index in [9.17, 15) is 9.59 Å². The standard InChI is InChI=1S/C16H19N3O2/c20-15-13-4-3-12(9-14(13)17-16(15)21)19-7-5-18(6-8-19)10-11-1-2-11/h3-4,9,11H,1-2,5-8,10H2,(H,17,20,21). The van der Waals surface area contributed by atoms with Crippen LogP contribution in [0, 0.1) is 5.92 Å². The topological polar surface area (TPSA) is 52.7 Å². The van der Waals surface area contributed by atoms with Crippen molar-refractivity contribution in [3.63, 3.8) is 0 Å². The molecule has 2 aliphatic heterocycles. The number of carbonyl (C=O) groups excluding carboxylic acids is 2. The molecule has 0 spiro atoms. The summed E-state index contributed by atoms with van der Waals surface area (Å²) in [5.74, 6) is -0.0000234. The Morgan fingerprint density at radius 3 is 2.57 bits per heavy atom. The van der Waals surface area contributed by atoms with E-state index in [1.807, 2.05) is 12.1 Å². The van der Waals surface area contributed by atoms with Gasteiger partial charge in [0.05, 0.1) is 11.3 Å². The molecule has 5 nitrogen and oxygen atoms in total. The van der Waals surface area contributed by atoms with Crippen LogP contribution in [-0.2, 0) is 4.79 Å². The molecule has 1 aromatic carbocycles. The molecule has 3 aliphatic rings. The Hall–Kier alpha value is -1.88. The summed E-state index contributed by atoms with van der Waals surface area (Å²) < 4.78 is 0. The first-order valence-corrected chi connectivity index (χ1v) is 7.68. The summed E-state index contributed by atoms with van der Waals surface area (Å²) >= 11 is 0. The maximum Gasteiger partial charge on any atom is 0.296 e. The van der Waals surface area contributed by atoms with Gasteiger partial charge < -0.3 is 10.2 Å². The van der Waals surface area contributed by atoms with Gasteiger partial charge in [-0.25, -0.2) is 0 Å². The summed E-state index contributed by atoms with van der Waals surface area (Å²) in [4.78, 5) is 27.9. The summed E-state index contributed by atoms with van der Waals surface area (Å²) in [6, 6.07) is 5.64. The van der Waals surface area contributed by atoms with Gasteiger partial charge in [-0.05, 0) is 37.0 Å². The molecule has 1 aliphatic carbocycles. The number of benzene rings is 1. The monoisotopic (exact) mass is 285 g/mol. The Kier molecular flexibility index (Phi) is 2.96. The summed E-state index contributed by atoms with van der Waals surface area (Å²) in [5, 5.41) is 2.64. The lowest BCUT2D eigenvalue weighted by atomic mass is 10.1. The third-order valence-corrected chi connectivity index (χ3v) is 4.65. The molecule has 2 fully saturated rings. The fourth-order valence-electron chi connectivity index (χ4n) is 3.19. The van der Waals surface area contributed by atoms with Crippen LogP contribution in [0.25, 0.3) is 0 Å². The molecule has 0 atom stereocenters. The summed E-state index contributed by atoms with van der Waals surface area (Å²) in [6.07, 6.45) is 2.80. The highest BCUT2D eigenvalue weighted by Gasteiger charge is 2.29. The van der Waals surface area contributed by atoms with E-state index in [2.05, 4.69) is 15.1 Å². The lowest BCUT2D eigenvalue weighted by molar-refractivity contribution is -0.112. The number of hydrogen-bond acceptors (Lipinski definition) is 4. The number of Topliss-reactive ketones (excluding diaryl/α,β-unsaturated/α-hetero) is 1. The number of rotatable bonds is 3. The summed E-state index contributed by atoms with van der Waals surface area (Å²) in [7, 11) is 0. The minimum absolute atomic E-state index is 0.425. The van der Waals surface area contributed by atoms with Gasteiger partial charge in [0.25, 0.3) is 11.7 Å². The van der Waals surface area contributed by atoms with Gasteiger partial charge in [-0.1, -0.05) is 0 Å². The second-order valence-electron chi connectivity index (χ2n) is 6.24. The molecule has 21 heavy (non-hydrogen) atoms. The van der Waals surface area contributed by atoms with E-state index < -0.39 is 11.7 Å². The highest BCUT2D eigenvalue weighted by molar-refractivity contribution is 6.51. The van der Waals surface area contributed by atoms with Crippen molar-refractivity contribution in [3.05, 3.63) is 23.8 Å². The van der Waals surface area contributed by atoms with Crippen LogP contribution in [0.1, 0.15) is 23.2 Å².